The lowest BCUT2D eigenvalue weighted by Crippen LogP contribution is -2.22. The van der Waals surface area contributed by atoms with Crippen molar-refractivity contribution < 1.29 is 9.90 Å². The second-order valence-electron chi connectivity index (χ2n) is 4.06. The Hall–Kier alpha value is -1.23. The number of carbonyl (C=O) groups excluding carboxylic acids is 1. The molecule has 0 fully saturated rings. The molecule has 0 radical (unpaired) electrons. The average Bonchev–Trinajstić information content (AvgIpc) is 2.59. The Kier molecular flexibility index (Phi) is 3.57. The highest BCUT2D eigenvalue weighted by Gasteiger charge is 2.21. The first kappa shape index (κ1) is 11.8. The molecule has 0 aliphatic heterocycles. The van der Waals surface area contributed by atoms with E-state index in [1.54, 1.807) is 11.6 Å². The summed E-state index contributed by atoms with van der Waals surface area (Å²) in [6.45, 7) is 7.48. The molecule has 0 saturated carbocycles. The molecule has 2 unspecified atom stereocenters. The van der Waals surface area contributed by atoms with Gasteiger partial charge in [-0.2, -0.15) is 0 Å². The summed E-state index contributed by atoms with van der Waals surface area (Å²) < 4.78 is 1.62. The van der Waals surface area contributed by atoms with E-state index < -0.39 is 6.10 Å². The SMILES string of the molecule is CC(C)c1c(C=O)nnn1C(C)C(C)O. The minimum Gasteiger partial charge on any atom is -0.391 e. The van der Waals surface area contributed by atoms with E-state index >= 15 is 0 Å². The number of hydrogen-bond acceptors (Lipinski definition) is 4. The van der Waals surface area contributed by atoms with E-state index in [9.17, 15) is 9.90 Å². The van der Waals surface area contributed by atoms with Gasteiger partial charge in [0, 0.05) is 0 Å². The first-order chi connectivity index (χ1) is 6.99. The van der Waals surface area contributed by atoms with Gasteiger partial charge in [-0.25, -0.2) is 4.68 Å². The van der Waals surface area contributed by atoms with Crippen molar-refractivity contribution in [1.29, 1.82) is 0 Å². The van der Waals surface area contributed by atoms with Crippen molar-refractivity contribution in [1.82, 2.24) is 15.0 Å². The largest absolute Gasteiger partial charge is 0.391 e. The van der Waals surface area contributed by atoms with E-state index in [0.29, 0.717) is 12.0 Å². The number of rotatable bonds is 4. The molecule has 1 rings (SSSR count). The standard InChI is InChI=1S/C10H17N3O2/c1-6(2)10-9(5-14)11-12-13(10)7(3)8(4)15/h5-8,15H,1-4H3. The normalized spacial score (nSPS) is 15.3. The molecule has 0 spiro atoms. The molecule has 0 aromatic carbocycles. The first-order valence-electron chi connectivity index (χ1n) is 5.07. The molecule has 2 atom stereocenters. The summed E-state index contributed by atoms with van der Waals surface area (Å²) >= 11 is 0. The Bertz CT molecular complexity index is 344. The zero-order valence-corrected chi connectivity index (χ0v) is 9.51. The zero-order chi connectivity index (χ0) is 11.6. The number of aromatic nitrogens is 3. The first-order valence-corrected chi connectivity index (χ1v) is 5.07. The fraction of sp³-hybridized carbons (Fsp3) is 0.700. The molecule has 5 nitrogen and oxygen atoms in total. The third kappa shape index (κ3) is 2.23. The van der Waals surface area contributed by atoms with E-state index in [4.69, 9.17) is 0 Å². The fourth-order valence-corrected chi connectivity index (χ4v) is 1.46. The maximum Gasteiger partial charge on any atom is 0.172 e. The molecule has 84 valence electrons. The third-order valence-electron chi connectivity index (χ3n) is 2.50. The predicted molar refractivity (Wildman–Crippen MR) is 55.9 cm³/mol. The number of aliphatic hydroxyl groups is 1. The predicted octanol–water partition coefficient (Wildman–Crippen LogP) is 1.16. The fourth-order valence-electron chi connectivity index (χ4n) is 1.46. The van der Waals surface area contributed by atoms with Gasteiger partial charge < -0.3 is 5.11 Å². The van der Waals surface area contributed by atoms with Crippen molar-refractivity contribution in [2.45, 2.75) is 45.8 Å². The van der Waals surface area contributed by atoms with Crippen LogP contribution in [0.15, 0.2) is 0 Å². The van der Waals surface area contributed by atoms with Gasteiger partial charge in [-0.05, 0) is 19.8 Å². The second-order valence-corrected chi connectivity index (χ2v) is 4.06. The Morgan fingerprint density at radius 2 is 1.93 bits per heavy atom. The molecule has 1 N–H and O–H groups in total. The Morgan fingerprint density at radius 1 is 1.33 bits per heavy atom. The van der Waals surface area contributed by atoms with Crippen LogP contribution in [0.5, 0.6) is 0 Å². The molecule has 1 aromatic rings. The second kappa shape index (κ2) is 4.53. The Morgan fingerprint density at radius 3 is 2.33 bits per heavy atom. The summed E-state index contributed by atoms with van der Waals surface area (Å²) in [5.41, 5.74) is 1.14. The lowest BCUT2D eigenvalue weighted by atomic mass is 10.1. The van der Waals surface area contributed by atoms with Gasteiger partial charge in [-0.15, -0.1) is 5.10 Å². The van der Waals surface area contributed by atoms with E-state index in [0.717, 1.165) is 5.69 Å². The van der Waals surface area contributed by atoms with Crippen LogP contribution < -0.4 is 0 Å². The number of nitrogens with zero attached hydrogens (tertiary/aromatic N) is 3. The van der Waals surface area contributed by atoms with Gasteiger partial charge in [0.05, 0.1) is 17.8 Å². The van der Waals surface area contributed by atoms with Crippen molar-refractivity contribution in [2.24, 2.45) is 0 Å². The third-order valence-corrected chi connectivity index (χ3v) is 2.50. The van der Waals surface area contributed by atoms with Crippen molar-refractivity contribution in [3.05, 3.63) is 11.4 Å². The summed E-state index contributed by atoms with van der Waals surface area (Å²) in [5, 5.41) is 17.2. The molecule has 5 heteroatoms. The quantitative estimate of drug-likeness (QED) is 0.759. The maximum atomic E-state index is 10.8. The van der Waals surface area contributed by atoms with Gasteiger partial charge in [0.15, 0.2) is 6.29 Å². The van der Waals surface area contributed by atoms with Crippen molar-refractivity contribution >= 4 is 6.29 Å². The van der Waals surface area contributed by atoms with Crippen LogP contribution in [0.3, 0.4) is 0 Å². The average molecular weight is 211 g/mol. The molecule has 0 saturated heterocycles. The van der Waals surface area contributed by atoms with Crippen molar-refractivity contribution in [2.75, 3.05) is 0 Å². The highest BCUT2D eigenvalue weighted by molar-refractivity contribution is 5.73. The molecule has 0 bridgehead atoms. The highest BCUT2D eigenvalue weighted by atomic mass is 16.3. The number of carbonyl (C=O) groups is 1. The lowest BCUT2D eigenvalue weighted by Gasteiger charge is -2.18. The van der Waals surface area contributed by atoms with Crippen LogP contribution in [0.1, 0.15) is 55.8 Å². The van der Waals surface area contributed by atoms with Gasteiger partial charge in [-0.3, -0.25) is 4.79 Å². The maximum absolute atomic E-state index is 10.8. The Balaban J connectivity index is 3.18. The Labute approximate surface area is 89.1 Å². The minimum absolute atomic E-state index is 0.154. The molecule has 0 aliphatic carbocycles. The number of hydrogen-bond donors (Lipinski definition) is 1. The smallest absolute Gasteiger partial charge is 0.172 e. The molecule has 1 heterocycles. The number of aldehydes is 1. The molecular formula is C10H17N3O2. The van der Waals surface area contributed by atoms with Crippen molar-refractivity contribution in [3.8, 4) is 0 Å². The van der Waals surface area contributed by atoms with E-state index in [2.05, 4.69) is 10.3 Å². The van der Waals surface area contributed by atoms with Crippen LogP contribution in [0.4, 0.5) is 0 Å². The van der Waals surface area contributed by atoms with Crippen LogP contribution in [-0.2, 0) is 0 Å². The summed E-state index contributed by atoms with van der Waals surface area (Å²) in [6, 6.07) is -0.177. The minimum atomic E-state index is -0.524. The van der Waals surface area contributed by atoms with Crippen LogP contribution in [-0.4, -0.2) is 32.5 Å². The topological polar surface area (TPSA) is 68.0 Å². The monoisotopic (exact) mass is 211 g/mol. The van der Waals surface area contributed by atoms with Gasteiger partial charge >= 0.3 is 0 Å². The zero-order valence-electron chi connectivity index (χ0n) is 9.51. The van der Waals surface area contributed by atoms with Gasteiger partial charge in [-0.1, -0.05) is 19.1 Å². The van der Waals surface area contributed by atoms with Gasteiger partial charge in [0.25, 0.3) is 0 Å². The van der Waals surface area contributed by atoms with E-state index in [1.807, 2.05) is 20.8 Å². The van der Waals surface area contributed by atoms with Crippen LogP contribution in [0.2, 0.25) is 0 Å². The van der Waals surface area contributed by atoms with Crippen LogP contribution >= 0.6 is 0 Å². The van der Waals surface area contributed by atoms with Gasteiger partial charge in [0.2, 0.25) is 0 Å². The molecular weight excluding hydrogens is 194 g/mol. The molecule has 0 aliphatic rings. The summed E-state index contributed by atoms with van der Waals surface area (Å²) in [7, 11) is 0. The van der Waals surface area contributed by atoms with Gasteiger partial charge in [0.1, 0.15) is 5.69 Å². The van der Waals surface area contributed by atoms with Crippen molar-refractivity contribution in [3.63, 3.8) is 0 Å². The van der Waals surface area contributed by atoms with Crippen LogP contribution in [0.25, 0.3) is 0 Å². The molecule has 15 heavy (non-hydrogen) atoms. The molecule has 0 amide bonds. The number of aliphatic hydroxyl groups excluding tert-OH is 1. The summed E-state index contributed by atoms with van der Waals surface area (Å²) in [4.78, 5) is 10.8. The lowest BCUT2D eigenvalue weighted by molar-refractivity contribution is 0.111. The van der Waals surface area contributed by atoms with E-state index in [-0.39, 0.29) is 12.0 Å². The molecule has 1 aromatic heterocycles. The highest BCUT2D eigenvalue weighted by Crippen LogP contribution is 2.21. The van der Waals surface area contributed by atoms with E-state index in [1.165, 1.54) is 0 Å². The van der Waals surface area contributed by atoms with Crippen LogP contribution in [0, 0.1) is 0 Å². The summed E-state index contributed by atoms with van der Waals surface area (Å²) in [5.74, 6) is 0.154. The summed E-state index contributed by atoms with van der Waals surface area (Å²) in [6.07, 6.45) is 0.178.